The number of carbonyl (C=O) groups is 3. The van der Waals surface area contributed by atoms with Gasteiger partial charge in [0.05, 0.1) is 23.3 Å². The molecule has 0 aromatic heterocycles. The van der Waals surface area contributed by atoms with Crippen molar-refractivity contribution in [2.75, 3.05) is 6.61 Å². The Kier molecular flexibility index (Phi) is 8.06. The Bertz CT molecular complexity index is 1170. The van der Waals surface area contributed by atoms with Crippen molar-refractivity contribution in [3.8, 4) is 0 Å². The lowest BCUT2D eigenvalue weighted by atomic mass is 9.98. The zero-order valence-corrected chi connectivity index (χ0v) is 19.0. The number of hydrogen-bond donors (Lipinski definition) is 2. The van der Waals surface area contributed by atoms with Gasteiger partial charge in [-0.3, -0.25) is 0 Å². The van der Waals surface area contributed by atoms with Gasteiger partial charge in [0.2, 0.25) is 0 Å². The first-order valence-electron chi connectivity index (χ1n) is 11.2. The van der Waals surface area contributed by atoms with Crippen molar-refractivity contribution in [3.05, 3.63) is 108 Å². The molecule has 5 atom stereocenters. The van der Waals surface area contributed by atoms with Crippen molar-refractivity contribution in [3.63, 3.8) is 0 Å². The number of hydrogen-bond acceptors (Lipinski definition) is 9. The van der Waals surface area contributed by atoms with Crippen LogP contribution in [0.3, 0.4) is 0 Å². The number of carbonyl (C=O) groups excluding carboxylic acids is 3. The third-order valence-electron chi connectivity index (χ3n) is 5.55. The summed E-state index contributed by atoms with van der Waals surface area (Å²) in [6.07, 6.45) is -7.53. The van der Waals surface area contributed by atoms with Crippen molar-refractivity contribution in [2.24, 2.45) is 0 Å². The van der Waals surface area contributed by atoms with E-state index in [0.29, 0.717) is 0 Å². The molecule has 4 rings (SSSR count). The molecule has 1 aliphatic heterocycles. The fraction of sp³-hybridized carbons (Fsp3) is 0.222. The fourth-order valence-corrected chi connectivity index (χ4v) is 3.74. The Morgan fingerprint density at radius 1 is 0.611 bits per heavy atom. The zero-order chi connectivity index (χ0) is 25.5. The molecule has 3 aromatic rings. The molecule has 9 nitrogen and oxygen atoms in total. The molecule has 2 N–H and O–H groups in total. The van der Waals surface area contributed by atoms with Crippen molar-refractivity contribution >= 4 is 17.9 Å². The van der Waals surface area contributed by atoms with Gasteiger partial charge >= 0.3 is 17.9 Å². The van der Waals surface area contributed by atoms with Crippen LogP contribution in [0.1, 0.15) is 31.1 Å². The van der Waals surface area contributed by atoms with Gasteiger partial charge in [-0.1, -0.05) is 54.6 Å². The largest absolute Gasteiger partial charge is 0.452 e. The van der Waals surface area contributed by atoms with Gasteiger partial charge < -0.3 is 29.2 Å². The Hall–Kier alpha value is -4.05. The quantitative estimate of drug-likeness (QED) is 0.377. The van der Waals surface area contributed by atoms with Gasteiger partial charge in [-0.15, -0.1) is 0 Å². The standard InChI is InChI=1S/C27H24O9/c28-16-20-21(34-24(29)17-10-4-1-5-11-17)22(35-25(30)18-12-6-2-7-13-18)23(27(32)33-20)36-26(31)19-14-8-3-9-15-19/h1-15,20-23,27-28,32H,16H2/t20-,21-,22+,23?,27?/m1/s1. The van der Waals surface area contributed by atoms with Crippen LogP contribution in [-0.2, 0) is 18.9 Å². The molecule has 9 heteroatoms. The van der Waals surface area contributed by atoms with Crippen molar-refractivity contribution in [2.45, 2.75) is 30.7 Å². The van der Waals surface area contributed by atoms with Crippen molar-refractivity contribution < 1.29 is 43.5 Å². The molecule has 0 radical (unpaired) electrons. The van der Waals surface area contributed by atoms with Gasteiger partial charge in [0, 0.05) is 0 Å². The Morgan fingerprint density at radius 2 is 0.972 bits per heavy atom. The van der Waals surface area contributed by atoms with Gasteiger partial charge in [-0.2, -0.15) is 0 Å². The van der Waals surface area contributed by atoms with Gasteiger partial charge in [0.1, 0.15) is 6.10 Å². The summed E-state index contributed by atoms with van der Waals surface area (Å²) < 4.78 is 22.1. The summed E-state index contributed by atoms with van der Waals surface area (Å²) in [4.78, 5) is 38.5. The molecule has 1 saturated heterocycles. The minimum absolute atomic E-state index is 0.181. The van der Waals surface area contributed by atoms with E-state index in [-0.39, 0.29) is 16.7 Å². The van der Waals surface area contributed by atoms with E-state index in [1.807, 2.05) is 0 Å². The number of benzene rings is 3. The second kappa shape index (κ2) is 11.6. The van der Waals surface area contributed by atoms with Crippen LogP contribution in [0.15, 0.2) is 91.0 Å². The summed E-state index contributed by atoms with van der Waals surface area (Å²) in [6.45, 7) is -0.678. The monoisotopic (exact) mass is 492 g/mol. The molecule has 3 aromatic carbocycles. The molecule has 0 spiro atoms. The molecule has 0 aliphatic carbocycles. The maximum absolute atomic E-state index is 12.9. The molecule has 0 bridgehead atoms. The van der Waals surface area contributed by atoms with E-state index in [0.717, 1.165) is 0 Å². The molecule has 0 amide bonds. The third-order valence-corrected chi connectivity index (χ3v) is 5.55. The van der Waals surface area contributed by atoms with Crippen LogP contribution in [0.25, 0.3) is 0 Å². The van der Waals surface area contributed by atoms with Crippen molar-refractivity contribution in [1.82, 2.24) is 0 Å². The van der Waals surface area contributed by atoms with E-state index in [4.69, 9.17) is 18.9 Å². The first kappa shape index (κ1) is 25.1. The predicted octanol–water partition coefficient (Wildman–Crippen LogP) is 2.37. The van der Waals surface area contributed by atoms with Gasteiger partial charge in [-0.25, -0.2) is 14.4 Å². The number of ether oxygens (including phenoxy) is 4. The van der Waals surface area contributed by atoms with E-state index in [1.165, 1.54) is 36.4 Å². The summed E-state index contributed by atoms with van der Waals surface area (Å²) in [5.41, 5.74) is 0.562. The average Bonchev–Trinajstić information content (AvgIpc) is 2.93. The van der Waals surface area contributed by atoms with Crippen LogP contribution in [0.2, 0.25) is 0 Å². The first-order valence-corrected chi connectivity index (χ1v) is 11.2. The molecular formula is C27H24O9. The number of aliphatic hydroxyl groups is 2. The van der Waals surface area contributed by atoms with Gasteiger partial charge in [-0.05, 0) is 36.4 Å². The third kappa shape index (κ3) is 5.77. The van der Waals surface area contributed by atoms with Crippen LogP contribution in [0.5, 0.6) is 0 Å². The van der Waals surface area contributed by atoms with Crippen molar-refractivity contribution in [1.29, 1.82) is 0 Å². The summed E-state index contributed by atoms with van der Waals surface area (Å²) in [5, 5.41) is 20.5. The lowest BCUT2D eigenvalue weighted by Crippen LogP contribution is -2.62. The van der Waals surface area contributed by atoms with Gasteiger partial charge in [0.15, 0.2) is 24.6 Å². The normalized spacial score (nSPS) is 23.3. The molecule has 186 valence electrons. The van der Waals surface area contributed by atoms with E-state index in [9.17, 15) is 24.6 Å². The van der Waals surface area contributed by atoms with Crippen LogP contribution in [-0.4, -0.2) is 65.4 Å². The fourth-order valence-electron chi connectivity index (χ4n) is 3.74. The van der Waals surface area contributed by atoms with Crippen LogP contribution in [0.4, 0.5) is 0 Å². The summed E-state index contributed by atoms with van der Waals surface area (Å²) in [5.74, 6) is -2.42. The highest BCUT2D eigenvalue weighted by molar-refractivity contribution is 5.91. The lowest BCUT2D eigenvalue weighted by Gasteiger charge is -2.42. The minimum Gasteiger partial charge on any atom is -0.452 e. The molecule has 1 heterocycles. The topological polar surface area (TPSA) is 129 Å². The summed E-state index contributed by atoms with van der Waals surface area (Å²) in [7, 11) is 0. The molecule has 0 saturated carbocycles. The summed E-state index contributed by atoms with van der Waals surface area (Å²) in [6, 6.07) is 24.0. The molecule has 1 fully saturated rings. The van der Waals surface area contributed by atoms with Crippen LogP contribution in [0, 0.1) is 0 Å². The highest BCUT2D eigenvalue weighted by Gasteiger charge is 2.52. The molecule has 36 heavy (non-hydrogen) atoms. The summed E-state index contributed by atoms with van der Waals surface area (Å²) >= 11 is 0. The molecule has 2 unspecified atom stereocenters. The number of aliphatic hydroxyl groups excluding tert-OH is 2. The highest BCUT2D eigenvalue weighted by atomic mass is 16.7. The molecule has 1 aliphatic rings. The Morgan fingerprint density at radius 3 is 1.36 bits per heavy atom. The zero-order valence-electron chi connectivity index (χ0n) is 19.0. The van der Waals surface area contributed by atoms with Crippen LogP contribution < -0.4 is 0 Å². The maximum Gasteiger partial charge on any atom is 0.338 e. The van der Waals surface area contributed by atoms with E-state index >= 15 is 0 Å². The van der Waals surface area contributed by atoms with Gasteiger partial charge in [0.25, 0.3) is 0 Å². The minimum atomic E-state index is -1.78. The van der Waals surface area contributed by atoms with Crippen LogP contribution >= 0.6 is 0 Å². The second-order valence-electron chi connectivity index (χ2n) is 7.96. The predicted molar refractivity (Wildman–Crippen MR) is 125 cm³/mol. The lowest BCUT2D eigenvalue weighted by molar-refractivity contribution is -0.284. The SMILES string of the molecule is O=C(OC1C(O)O[C@H](CO)[C@@H](OC(=O)c2ccccc2)[C@@H]1OC(=O)c1ccccc1)c1ccccc1. The second-order valence-corrected chi connectivity index (χ2v) is 7.96. The smallest absolute Gasteiger partial charge is 0.338 e. The number of rotatable bonds is 7. The average molecular weight is 492 g/mol. The molecular weight excluding hydrogens is 468 g/mol. The van der Waals surface area contributed by atoms with E-state index in [1.54, 1.807) is 54.6 Å². The number of esters is 3. The van der Waals surface area contributed by atoms with E-state index < -0.39 is 55.2 Å². The Balaban J connectivity index is 1.66. The maximum atomic E-state index is 12.9. The highest BCUT2D eigenvalue weighted by Crippen LogP contribution is 2.29. The van der Waals surface area contributed by atoms with E-state index in [2.05, 4.69) is 0 Å². The Labute approximate surface area is 206 Å². The first-order chi connectivity index (χ1) is 17.5.